The van der Waals surface area contributed by atoms with Gasteiger partial charge < -0.3 is 20.5 Å². The van der Waals surface area contributed by atoms with Crippen molar-refractivity contribution in [2.24, 2.45) is 5.92 Å². The van der Waals surface area contributed by atoms with Crippen molar-refractivity contribution in [2.75, 3.05) is 5.75 Å². The molecule has 0 aliphatic heterocycles. The van der Waals surface area contributed by atoms with E-state index >= 15 is 0 Å². The van der Waals surface area contributed by atoms with Crippen LogP contribution in [0, 0.1) is 26.1 Å². The minimum absolute atomic E-state index is 0.00414. The van der Waals surface area contributed by atoms with E-state index in [0.29, 0.717) is 30.2 Å². The number of alkyl carbamates (subject to hydrolysis) is 1. The first kappa shape index (κ1) is 37.3. The topological polar surface area (TPSA) is 205 Å². The van der Waals surface area contributed by atoms with Gasteiger partial charge in [-0.05, 0) is 57.7 Å². The molecule has 0 saturated heterocycles. The summed E-state index contributed by atoms with van der Waals surface area (Å²) in [5.74, 6) is 0.315. The van der Waals surface area contributed by atoms with Gasteiger partial charge in [-0.1, -0.05) is 38.2 Å². The number of aromatic nitrogens is 3. The lowest BCUT2D eigenvalue weighted by Gasteiger charge is -2.31. The molecular weight excluding hydrogens is 654 g/mol. The third-order valence-electron chi connectivity index (χ3n) is 8.17. The Morgan fingerprint density at radius 3 is 2.51 bits per heavy atom. The molecular formula is C33H43N7O8S. The summed E-state index contributed by atoms with van der Waals surface area (Å²) in [5.41, 5.74) is -1.55. The summed E-state index contributed by atoms with van der Waals surface area (Å²) in [6.45, 7) is 5.05. The number of nitrogens with one attached hydrogen (secondary N) is 2. The minimum atomic E-state index is -1.23. The number of pyridine rings is 1. The van der Waals surface area contributed by atoms with Gasteiger partial charge in [0.05, 0.1) is 39.4 Å². The van der Waals surface area contributed by atoms with Crippen molar-refractivity contribution in [1.82, 2.24) is 25.2 Å². The molecule has 1 aromatic carbocycles. The quantitative estimate of drug-likeness (QED) is 0.102. The molecule has 1 aliphatic rings. The molecule has 0 bridgehead atoms. The third-order valence-corrected chi connectivity index (χ3v) is 9.14. The van der Waals surface area contributed by atoms with E-state index in [9.17, 15) is 34.9 Å². The summed E-state index contributed by atoms with van der Waals surface area (Å²) in [5, 5.41) is 41.0. The van der Waals surface area contributed by atoms with Crippen LogP contribution >= 0.6 is 11.8 Å². The number of non-ortho nitro benzene ring substituents is 1. The molecule has 0 radical (unpaired) electrons. The van der Waals surface area contributed by atoms with E-state index in [-0.39, 0.29) is 12.1 Å². The Morgan fingerprint density at radius 1 is 1.10 bits per heavy atom. The summed E-state index contributed by atoms with van der Waals surface area (Å²) < 4.78 is 6.79. The van der Waals surface area contributed by atoms with E-state index in [0.717, 1.165) is 49.3 Å². The van der Waals surface area contributed by atoms with Crippen LogP contribution in [0.3, 0.4) is 0 Å². The zero-order valence-corrected chi connectivity index (χ0v) is 28.6. The number of nitro benzene ring substituents is 2. The molecule has 16 heteroatoms. The molecule has 3 aromatic rings. The van der Waals surface area contributed by atoms with Gasteiger partial charge in [0.2, 0.25) is 5.91 Å². The van der Waals surface area contributed by atoms with Crippen molar-refractivity contribution >= 4 is 35.1 Å². The van der Waals surface area contributed by atoms with Gasteiger partial charge in [0, 0.05) is 36.3 Å². The number of thioether (sulfide) groups is 1. The molecule has 1 fully saturated rings. The summed E-state index contributed by atoms with van der Waals surface area (Å²) in [6, 6.07) is 7.00. The number of imidazole rings is 1. The monoisotopic (exact) mass is 697 g/mol. The smallest absolute Gasteiger partial charge is 0.408 e. The fourth-order valence-corrected chi connectivity index (χ4v) is 6.71. The van der Waals surface area contributed by atoms with E-state index in [2.05, 4.69) is 20.6 Å². The van der Waals surface area contributed by atoms with Crippen molar-refractivity contribution in [3.8, 4) is 5.69 Å². The standard InChI is InChI=1S/C33H43N7O8S/c1-33(2,3)48-32(43)37-26(18-24-20-34-21-38(24)27-13-12-23(39(44)45)19-28(27)40(46)47)31(42)36-25(17-22-9-5-4-6-10-22)29(41)14-16-49-30-11-7-8-15-35-30/h7-8,11-13,15,19-22,25-26,29,41H,4-6,9-10,14,16-18H2,1-3H3,(H,36,42)(H,37,43)/t25-,26-,29-/m0/s1. The van der Waals surface area contributed by atoms with Crippen LogP contribution < -0.4 is 10.6 Å². The van der Waals surface area contributed by atoms with Crippen molar-refractivity contribution < 1.29 is 29.3 Å². The lowest BCUT2D eigenvalue weighted by atomic mass is 9.83. The summed E-state index contributed by atoms with van der Waals surface area (Å²) in [6.07, 6.45) is 8.75. The lowest BCUT2D eigenvalue weighted by molar-refractivity contribution is -0.394. The number of amides is 2. The van der Waals surface area contributed by atoms with E-state index < -0.39 is 57.0 Å². The number of carbonyl (C=O) groups is 2. The number of ether oxygens (including phenoxy) is 1. The number of aliphatic hydroxyl groups is 1. The number of hydrogen-bond donors (Lipinski definition) is 3. The minimum Gasteiger partial charge on any atom is -0.444 e. The van der Waals surface area contributed by atoms with Crippen molar-refractivity contribution in [2.45, 2.75) is 101 Å². The van der Waals surface area contributed by atoms with Crippen molar-refractivity contribution in [3.63, 3.8) is 0 Å². The van der Waals surface area contributed by atoms with Gasteiger partial charge in [0.1, 0.15) is 17.3 Å². The average molecular weight is 698 g/mol. The Hall–Kier alpha value is -4.57. The molecule has 2 heterocycles. The second-order valence-electron chi connectivity index (χ2n) is 13.1. The Kier molecular flexibility index (Phi) is 13.1. The predicted octanol–water partition coefficient (Wildman–Crippen LogP) is 5.52. The molecule has 0 spiro atoms. The second kappa shape index (κ2) is 17.2. The summed E-state index contributed by atoms with van der Waals surface area (Å²) in [7, 11) is 0. The number of carbonyl (C=O) groups excluding carboxylic acids is 2. The Bertz CT molecular complexity index is 1590. The molecule has 0 unspecified atom stereocenters. The Balaban J connectivity index is 1.59. The van der Waals surface area contributed by atoms with E-state index in [4.69, 9.17) is 4.74 Å². The Labute approximate surface area is 288 Å². The van der Waals surface area contributed by atoms with Crippen molar-refractivity contribution in [1.29, 1.82) is 0 Å². The van der Waals surface area contributed by atoms with E-state index in [1.807, 2.05) is 18.2 Å². The van der Waals surface area contributed by atoms with Crippen LogP contribution in [0.4, 0.5) is 16.2 Å². The van der Waals surface area contributed by atoms with Crippen LogP contribution in [0.2, 0.25) is 0 Å². The fourth-order valence-electron chi connectivity index (χ4n) is 5.83. The third kappa shape index (κ3) is 11.2. The number of aliphatic hydroxyl groups excluding tert-OH is 1. The number of benzene rings is 1. The molecule has 1 aliphatic carbocycles. The highest BCUT2D eigenvalue weighted by Gasteiger charge is 2.32. The van der Waals surface area contributed by atoms with Crippen molar-refractivity contribution in [3.05, 3.63) is 81.0 Å². The van der Waals surface area contributed by atoms with Crippen LogP contribution in [0.15, 0.2) is 60.1 Å². The largest absolute Gasteiger partial charge is 0.444 e. The Morgan fingerprint density at radius 2 is 1.86 bits per heavy atom. The summed E-state index contributed by atoms with van der Waals surface area (Å²) in [4.78, 5) is 57.2. The molecule has 1 saturated carbocycles. The van der Waals surface area contributed by atoms with E-state index in [1.165, 1.54) is 34.9 Å². The highest BCUT2D eigenvalue weighted by atomic mass is 32.2. The number of hydrogen-bond acceptors (Lipinski definition) is 11. The maximum absolute atomic E-state index is 14.0. The van der Waals surface area contributed by atoms with Crippen LogP contribution in [0.1, 0.15) is 71.4 Å². The molecule has 49 heavy (non-hydrogen) atoms. The van der Waals surface area contributed by atoms with Gasteiger partial charge in [0.25, 0.3) is 11.4 Å². The molecule has 2 amide bonds. The van der Waals surface area contributed by atoms with Crippen LogP contribution in [-0.2, 0) is 16.0 Å². The summed E-state index contributed by atoms with van der Waals surface area (Å²) >= 11 is 1.51. The SMILES string of the molecule is CC(C)(C)OC(=O)N[C@@H](Cc1cncn1-c1ccc([N+](=O)[O-])cc1[N+](=O)[O-])C(=O)N[C@@H](CC1CCCCC1)[C@@H](O)CCSc1ccccn1. The first-order valence-corrected chi connectivity index (χ1v) is 17.3. The van der Waals surface area contributed by atoms with E-state index in [1.54, 1.807) is 27.0 Å². The van der Waals surface area contributed by atoms with Gasteiger partial charge in [-0.25, -0.2) is 14.8 Å². The van der Waals surface area contributed by atoms with Gasteiger partial charge >= 0.3 is 6.09 Å². The van der Waals surface area contributed by atoms with Gasteiger partial charge in [-0.3, -0.25) is 29.6 Å². The van der Waals surface area contributed by atoms with Crippen LogP contribution in [-0.4, -0.2) is 71.0 Å². The zero-order valence-electron chi connectivity index (χ0n) is 27.8. The molecule has 2 aromatic heterocycles. The van der Waals surface area contributed by atoms with Crippen LogP contribution in [0.25, 0.3) is 5.69 Å². The normalized spacial score (nSPS) is 15.5. The number of rotatable bonds is 15. The first-order chi connectivity index (χ1) is 23.3. The zero-order chi connectivity index (χ0) is 35.6. The predicted molar refractivity (Wildman–Crippen MR) is 182 cm³/mol. The molecule has 15 nitrogen and oxygen atoms in total. The highest BCUT2D eigenvalue weighted by molar-refractivity contribution is 7.99. The fraction of sp³-hybridized carbons (Fsp3) is 0.515. The maximum atomic E-state index is 14.0. The first-order valence-electron chi connectivity index (χ1n) is 16.3. The van der Waals surface area contributed by atoms with Gasteiger partial charge in [-0.15, -0.1) is 11.8 Å². The molecule has 264 valence electrons. The number of nitro groups is 2. The number of nitrogens with zero attached hydrogens (tertiary/aromatic N) is 5. The lowest BCUT2D eigenvalue weighted by Crippen LogP contribution is -2.54. The maximum Gasteiger partial charge on any atom is 0.408 e. The van der Waals surface area contributed by atoms with Gasteiger partial charge in [-0.2, -0.15) is 0 Å². The molecule has 3 atom stereocenters. The highest BCUT2D eigenvalue weighted by Crippen LogP contribution is 2.30. The van der Waals surface area contributed by atoms with Gasteiger partial charge in [0.15, 0.2) is 0 Å². The molecule has 4 rings (SSSR count). The second-order valence-corrected chi connectivity index (χ2v) is 14.2. The average Bonchev–Trinajstić information content (AvgIpc) is 3.51. The van der Waals surface area contributed by atoms with Crippen LogP contribution in [0.5, 0.6) is 0 Å². The molecule has 3 N–H and O–H groups in total.